The van der Waals surface area contributed by atoms with Gasteiger partial charge in [-0.05, 0) is 31.4 Å². The van der Waals surface area contributed by atoms with Crippen LogP contribution in [0.15, 0.2) is 35.3 Å². The van der Waals surface area contributed by atoms with E-state index in [1.807, 2.05) is 0 Å². The molecule has 1 aromatic rings. The zero-order valence-corrected chi connectivity index (χ0v) is 15.6. The molecule has 0 unspecified atom stereocenters. The molecule has 1 fully saturated rings. The number of hydrogen-bond acceptors (Lipinski definition) is 2. The Morgan fingerprint density at radius 2 is 1.76 bits per heavy atom. The first-order chi connectivity index (χ1) is 10.0. The van der Waals surface area contributed by atoms with E-state index in [0.29, 0.717) is 0 Å². The Hall–Kier alpha value is -0.543. The number of benzene rings is 1. The van der Waals surface area contributed by atoms with Crippen LogP contribution in [0.2, 0.25) is 25.7 Å². The fourth-order valence-electron chi connectivity index (χ4n) is 2.65. The van der Waals surface area contributed by atoms with Gasteiger partial charge >= 0.3 is 0 Å². The van der Waals surface area contributed by atoms with Crippen molar-refractivity contribution >= 4 is 30.6 Å². The molecule has 0 aliphatic heterocycles. The van der Waals surface area contributed by atoms with E-state index >= 15 is 0 Å². The summed E-state index contributed by atoms with van der Waals surface area (Å²) in [6.07, 6.45) is 8.17. The average molecular weight is 320 g/mol. The van der Waals surface area contributed by atoms with Crippen LogP contribution >= 0.6 is 11.8 Å². The fraction of sp³-hybridized carbons (Fsp3) is 0.611. The second kappa shape index (κ2) is 8.18. The van der Waals surface area contributed by atoms with Gasteiger partial charge < -0.3 is 0 Å². The summed E-state index contributed by atoms with van der Waals surface area (Å²) in [5.74, 6) is 0. The molecular weight excluding hydrogens is 290 g/mol. The van der Waals surface area contributed by atoms with Crippen LogP contribution < -0.4 is 0 Å². The number of hydrogen-bond donors (Lipinski definition) is 0. The Morgan fingerprint density at radius 1 is 1.10 bits per heavy atom. The molecule has 116 valence electrons. The van der Waals surface area contributed by atoms with Crippen molar-refractivity contribution in [1.82, 2.24) is 0 Å². The number of thioether (sulfide) groups is 1. The van der Waals surface area contributed by atoms with E-state index in [1.165, 1.54) is 49.6 Å². The largest absolute Gasteiger partial charge is 0.247 e. The fourth-order valence-corrected chi connectivity index (χ4v) is 5.14. The lowest BCUT2D eigenvalue weighted by Gasteiger charge is -2.23. The van der Waals surface area contributed by atoms with Gasteiger partial charge in [0.05, 0.1) is 10.7 Å². The molecule has 0 heterocycles. The molecule has 0 atom stereocenters. The summed E-state index contributed by atoms with van der Waals surface area (Å²) in [6.45, 7) is 7.37. The maximum atomic E-state index is 4.96. The molecule has 1 aliphatic carbocycles. The molecule has 1 saturated carbocycles. The zero-order chi connectivity index (χ0) is 15.1. The van der Waals surface area contributed by atoms with E-state index in [2.05, 4.69) is 61.7 Å². The Labute approximate surface area is 135 Å². The van der Waals surface area contributed by atoms with Crippen molar-refractivity contribution in [2.24, 2.45) is 4.99 Å². The molecule has 0 saturated heterocycles. The minimum atomic E-state index is -0.997. The van der Waals surface area contributed by atoms with Crippen LogP contribution in [0.5, 0.6) is 0 Å². The van der Waals surface area contributed by atoms with Crippen LogP contribution in [-0.4, -0.2) is 18.4 Å². The summed E-state index contributed by atoms with van der Waals surface area (Å²) in [6, 6.07) is 11.8. The molecule has 0 radical (unpaired) electrons. The molecule has 3 heteroatoms. The number of rotatable bonds is 5. The van der Waals surface area contributed by atoms with Gasteiger partial charge in [-0.25, -0.2) is 4.99 Å². The maximum absolute atomic E-state index is 4.96. The third-order valence-electron chi connectivity index (χ3n) is 3.95. The van der Waals surface area contributed by atoms with Crippen LogP contribution in [0.3, 0.4) is 0 Å². The van der Waals surface area contributed by atoms with E-state index in [4.69, 9.17) is 4.99 Å². The van der Waals surface area contributed by atoms with Crippen molar-refractivity contribution in [3.8, 4) is 0 Å². The van der Waals surface area contributed by atoms with Crippen molar-refractivity contribution < 1.29 is 0 Å². The smallest absolute Gasteiger partial charge is 0.0738 e. The SMILES string of the molecule is C[Si](C)(C)CCC(=Nc1ccccc1)SC1CCCCC1. The first kappa shape index (κ1) is 16.8. The lowest BCUT2D eigenvalue weighted by Crippen LogP contribution is -2.21. The van der Waals surface area contributed by atoms with Crippen molar-refractivity contribution in [3.05, 3.63) is 30.3 Å². The van der Waals surface area contributed by atoms with Crippen LogP contribution in [-0.2, 0) is 0 Å². The van der Waals surface area contributed by atoms with Gasteiger partial charge in [-0.1, -0.05) is 63.1 Å². The minimum Gasteiger partial charge on any atom is -0.247 e. The van der Waals surface area contributed by atoms with Crippen molar-refractivity contribution in [3.63, 3.8) is 0 Å². The highest BCUT2D eigenvalue weighted by Crippen LogP contribution is 2.32. The van der Waals surface area contributed by atoms with Gasteiger partial charge in [-0.15, -0.1) is 11.8 Å². The molecule has 0 aromatic heterocycles. The molecule has 0 N–H and O–H groups in total. The predicted octanol–water partition coefficient (Wildman–Crippen LogP) is 6.51. The first-order valence-electron chi connectivity index (χ1n) is 8.32. The van der Waals surface area contributed by atoms with Gasteiger partial charge in [-0.3, -0.25) is 0 Å². The van der Waals surface area contributed by atoms with Crippen LogP contribution in [0.25, 0.3) is 0 Å². The van der Waals surface area contributed by atoms with Crippen molar-refractivity contribution in [2.45, 2.75) is 69.5 Å². The zero-order valence-electron chi connectivity index (χ0n) is 13.8. The van der Waals surface area contributed by atoms with Gasteiger partial charge in [0.25, 0.3) is 0 Å². The van der Waals surface area contributed by atoms with E-state index in [1.54, 1.807) is 0 Å². The second-order valence-corrected chi connectivity index (χ2v) is 14.3. The normalized spacial score (nSPS) is 18.0. The standard InChI is InChI=1S/C18H29NSSi/c1-21(2,3)15-14-18(19-16-10-6-4-7-11-16)20-17-12-8-5-9-13-17/h4,6-7,10-11,17H,5,8-9,12-15H2,1-3H3. The van der Waals surface area contributed by atoms with E-state index < -0.39 is 8.07 Å². The molecule has 2 rings (SSSR count). The highest BCUT2D eigenvalue weighted by Gasteiger charge is 2.19. The third-order valence-corrected chi connectivity index (χ3v) is 7.08. The highest BCUT2D eigenvalue weighted by atomic mass is 32.2. The molecular formula is C18H29NSSi. The summed E-state index contributed by atoms with van der Waals surface area (Å²) in [4.78, 5) is 4.96. The molecule has 0 bridgehead atoms. The van der Waals surface area contributed by atoms with Gasteiger partial charge in [0.2, 0.25) is 0 Å². The average Bonchev–Trinajstić information content (AvgIpc) is 2.46. The predicted molar refractivity (Wildman–Crippen MR) is 101 cm³/mol. The maximum Gasteiger partial charge on any atom is 0.0738 e. The summed E-state index contributed by atoms with van der Waals surface area (Å²) in [7, 11) is -0.997. The molecule has 0 spiro atoms. The van der Waals surface area contributed by atoms with Gasteiger partial charge in [-0.2, -0.15) is 0 Å². The second-order valence-electron chi connectivity index (χ2n) is 7.28. The first-order valence-corrected chi connectivity index (χ1v) is 12.9. The Kier molecular flexibility index (Phi) is 6.56. The van der Waals surface area contributed by atoms with Crippen molar-refractivity contribution in [2.75, 3.05) is 0 Å². The van der Waals surface area contributed by atoms with Crippen LogP contribution in [0, 0.1) is 0 Å². The lowest BCUT2D eigenvalue weighted by molar-refractivity contribution is 0.517. The number of para-hydroxylation sites is 1. The van der Waals surface area contributed by atoms with Gasteiger partial charge in [0, 0.05) is 13.3 Å². The Morgan fingerprint density at radius 3 is 2.38 bits per heavy atom. The third kappa shape index (κ3) is 6.83. The monoisotopic (exact) mass is 319 g/mol. The van der Waals surface area contributed by atoms with Crippen LogP contribution in [0.1, 0.15) is 38.5 Å². The number of nitrogens with zero attached hydrogens (tertiary/aromatic N) is 1. The topological polar surface area (TPSA) is 12.4 Å². The highest BCUT2D eigenvalue weighted by molar-refractivity contribution is 8.14. The minimum absolute atomic E-state index is 0.808. The molecule has 21 heavy (non-hydrogen) atoms. The summed E-state index contributed by atoms with van der Waals surface area (Å²) >= 11 is 2.07. The van der Waals surface area contributed by atoms with Crippen molar-refractivity contribution in [1.29, 1.82) is 0 Å². The van der Waals surface area contributed by atoms with E-state index in [-0.39, 0.29) is 0 Å². The summed E-state index contributed by atoms with van der Waals surface area (Å²) in [5, 5.41) is 2.18. The Bertz CT molecular complexity index is 444. The van der Waals surface area contributed by atoms with Crippen LogP contribution in [0.4, 0.5) is 5.69 Å². The number of aliphatic imine (C=N–C) groups is 1. The Balaban J connectivity index is 2.04. The molecule has 1 nitrogen and oxygen atoms in total. The molecule has 1 aliphatic rings. The van der Waals surface area contributed by atoms with Gasteiger partial charge in [0.15, 0.2) is 0 Å². The molecule has 0 amide bonds. The van der Waals surface area contributed by atoms with E-state index in [9.17, 15) is 0 Å². The molecule has 1 aromatic carbocycles. The lowest BCUT2D eigenvalue weighted by atomic mass is 10.0. The summed E-state index contributed by atoms with van der Waals surface area (Å²) in [5.41, 5.74) is 1.12. The van der Waals surface area contributed by atoms with E-state index in [0.717, 1.165) is 10.9 Å². The quantitative estimate of drug-likeness (QED) is 0.342. The summed E-state index contributed by atoms with van der Waals surface area (Å²) < 4.78 is 0. The van der Waals surface area contributed by atoms with Gasteiger partial charge in [0.1, 0.15) is 0 Å².